The summed E-state index contributed by atoms with van der Waals surface area (Å²) in [5, 5.41) is 5.67. The van der Waals surface area contributed by atoms with Crippen LogP contribution in [0.5, 0.6) is 0 Å². The Morgan fingerprint density at radius 3 is 2.31 bits per heavy atom. The fourth-order valence-corrected chi connectivity index (χ4v) is 4.73. The van der Waals surface area contributed by atoms with E-state index in [0.29, 0.717) is 19.5 Å². The number of benzene rings is 2. The second-order valence-corrected chi connectivity index (χ2v) is 9.53. The highest BCUT2D eigenvalue weighted by molar-refractivity contribution is 8.00. The molecule has 2 aromatic carbocycles. The lowest BCUT2D eigenvalue weighted by atomic mass is 10.0. The van der Waals surface area contributed by atoms with Gasteiger partial charge in [0.05, 0.1) is 5.25 Å². The van der Waals surface area contributed by atoms with Crippen molar-refractivity contribution in [1.29, 1.82) is 0 Å². The van der Waals surface area contributed by atoms with Crippen LogP contribution in [0.2, 0.25) is 0 Å². The number of likely N-dealkylation sites (tertiary alicyclic amines) is 1. The molecule has 1 atom stereocenters. The van der Waals surface area contributed by atoms with Gasteiger partial charge in [-0.15, -0.1) is 11.8 Å². The summed E-state index contributed by atoms with van der Waals surface area (Å²) in [6, 6.07) is 17.7. The summed E-state index contributed by atoms with van der Waals surface area (Å²) < 4.78 is 0. The zero-order valence-electron chi connectivity index (χ0n) is 18.7. The first-order chi connectivity index (χ1) is 15.4. The van der Waals surface area contributed by atoms with Gasteiger partial charge in [-0.05, 0) is 56.0 Å². The average Bonchev–Trinajstić information content (AvgIpc) is 2.79. The molecule has 2 aromatic rings. The van der Waals surface area contributed by atoms with Crippen molar-refractivity contribution in [2.45, 2.75) is 55.7 Å². The fourth-order valence-electron chi connectivity index (χ4n) is 3.78. The van der Waals surface area contributed by atoms with Crippen molar-refractivity contribution in [2.75, 3.05) is 18.4 Å². The van der Waals surface area contributed by atoms with E-state index >= 15 is 0 Å². The Labute approximate surface area is 194 Å². The number of rotatable bonds is 8. The third-order valence-corrected chi connectivity index (χ3v) is 6.59. The number of nitrogens with one attached hydrogen (secondary N) is 2. The third-order valence-electron chi connectivity index (χ3n) is 5.49. The molecule has 32 heavy (non-hydrogen) atoms. The zero-order valence-corrected chi connectivity index (χ0v) is 19.5. The summed E-state index contributed by atoms with van der Waals surface area (Å²) in [5.41, 5.74) is 1.91. The second-order valence-electron chi connectivity index (χ2n) is 8.12. The molecule has 3 rings (SSSR count). The Bertz CT molecular complexity index is 910. The van der Waals surface area contributed by atoms with E-state index in [0.717, 1.165) is 29.8 Å². The largest absolute Gasteiger partial charge is 0.353 e. The van der Waals surface area contributed by atoms with Crippen LogP contribution < -0.4 is 10.6 Å². The van der Waals surface area contributed by atoms with Crippen LogP contribution in [-0.4, -0.2) is 47.0 Å². The molecule has 1 fully saturated rings. The van der Waals surface area contributed by atoms with Crippen molar-refractivity contribution >= 4 is 35.2 Å². The normalized spacial score (nSPS) is 15.1. The lowest BCUT2D eigenvalue weighted by Gasteiger charge is -2.33. The molecule has 170 valence electrons. The number of hydrogen-bond donors (Lipinski definition) is 2. The molecule has 3 amide bonds. The fraction of sp³-hybridized carbons (Fsp3) is 0.400. The molecule has 1 heterocycles. The molecule has 0 saturated carbocycles. The van der Waals surface area contributed by atoms with Gasteiger partial charge in [0.15, 0.2) is 0 Å². The molecule has 1 aliphatic rings. The smallest absolute Gasteiger partial charge is 0.235 e. The van der Waals surface area contributed by atoms with Crippen LogP contribution in [0.1, 0.15) is 38.7 Å². The Hall–Kier alpha value is -2.80. The molecule has 1 unspecified atom stereocenters. The molecule has 0 spiro atoms. The maximum Gasteiger partial charge on any atom is 0.235 e. The highest BCUT2D eigenvalue weighted by atomic mass is 32.2. The first kappa shape index (κ1) is 23.9. The molecular formula is C25H31N3O3S. The van der Waals surface area contributed by atoms with E-state index in [1.165, 1.54) is 24.2 Å². The average molecular weight is 454 g/mol. The molecular weight excluding hydrogens is 422 g/mol. The third kappa shape index (κ3) is 7.41. The summed E-state index contributed by atoms with van der Waals surface area (Å²) in [4.78, 5) is 39.1. The van der Waals surface area contributed by atoms with Crippen molar-refractivity contribution in [3.05, 3.63) is 60.2 Å². The van der Waals surface area contributed by atoms with E-state index in [2.05, 4.69) is 10.6 Å². The monoisotopic (exact) mass is 453 g/mol. The number of piperidine rings is 1. The maximum atomic E-state index is 12.9. The van der Waals surface area contributed by atoms with Crippen LogP contribution in [-0.2, 0) is 20.8 Å². The van der Waals surface area contributed by atoms with Gasteiger partial charge in [0.2, 0.25) is 17.7 Å². The van der Waals surface area contributed by atoms with Gasteiger partial charge in [0.25, 0.3) is 0 Å². The molecule has 1 aliphatic heterocycles. The minimum absolute atomic E-state index is 0.0743. The number of carbonyl (C=O) groups excluding carboxylic acids is 3. The lowest BCUT2D eigenvalue weighted by Crippen LogP contribution is -2.48. The zero-order chi connectivity index (χ0) is 22.9. The number of nitrogens with zero attached hydrogens (tertiary/aromatic N) is 1. The van der Waals surface area contributed by atoms with Crippen LogP contribution in [0, 0.1) is 0 Å². The van der Waals surface area contributed by atoms with Gasteiger partial charge >= 0.3 is 0 Å². The number of anilines is 1. The Balaban J connectivity index is 1.39. The number of thioether (sulfide) groups is 1. The number of aryl methyl sites for hydroxylation is 1. The molecule has 0 aliphatic carbocycles. The first-order valence-electron chi connectivity index (χ1n) is 11.1. The van der Waals surface area contributed by atoms with E-state index in [9.17, 15) is 14.4 Å². The Morgan fingerprint density at radius 2 is 1.69 bits per heavy atom. The van der Waals surface area contributed by atoms with Crippen LogP contribution in [0.4, 0.5) is 5.69 Å². The van der Waals surface area contributed by atoms with Crippen LogP contribution in [0.25, 0.3) is 0 Å². The van der Waals surface area contributed by atoms with Gasteiger partial charge in [-0.2, -0.15) is 0 Å². The van der Waals surface area contributed by atoms with Crippen LogP contribution in [0.3, 0.4) is 0 Å². The highest BCUT2D eigenvalue weighted by Gasteiger charge is 2.27. The van der Waals surface area contributed by atoms with Crippen molar-refractivity contribution in [2.24, 2.45) is 0 Å². The van der Waals surface area contributed by atoms with E-state index in [1.54, 1.807) is 0 Å². The Kier molecular flexibility index (Phi) is 8.73. The van der Waals surface area contributed by atoms with Crippen molar-refractivity contribution < 1.29 is 14.4 Å². The number of amides is 3. The predicted octanol–water partition coefficient (Wildman–Crippen LogP) is 3.87. The summed E-state index contributed by atoms with van der Waals surface area (Å²) in [6.45, 7) is 4.72. The lowest BCUT2D eigenvalue weighted by molar-refractivity contribution is -0.131. The van der Waals surface area contributed by atoms with Gasteiger partial charge in [-0.3, -0.25) is 14.4 Å². The van der Waals surface area contributed by atoms with E-state index in [1.807, 2.05) is 66.4 Å². The summed E-state index contributed by atoms with van der Waals surface area (Å²) in [6.07, 6.45) is 2.79. The standard InChI is InChI=1S/C25H31N3O3S/c1-18(32-23-11-9-21(10-12-23)26-19(2)29)25(31)28-16-14-22(15-17-28)27-24(30)13-8-20-6-4-3-5-7-20/h3-7,9-12,18,22H,8,13-17H2,1-2H3,(H,26,29)(H,27,30). The van der Waals surface area contributed by atoms with E-state index < -0.39 is 0 Å². The van der Waals surface area contributed by atoms with E-state index in [-0.39, 0.29) is 29.0 Å². The van der Waals surface area contributed by atoms with Gasteiger partial charge in [-0.25, -0.2) is 0 Å². The van der Waals surface area contributed by atoms with Crippen molar-refractivity contribution in [3.63, 3.8) is 0 Å². The van der Waals surface area contributed by atoms with Gasteiger partial charge < -0.3 is 15.5 Å². The summed E-state index contributed by atoms with van der Waals surface area (Å²) in [7, 11) is 0. The minimum Gasteiger partial charge on any atom is -0.353 e. The quantitative estimate of drug-likeness (QED) is 0.595. The van der Waals surface area contributed by atoms with Gasteiger partial charge in [-0.1, -0.05) is 30.3 Å². The van der Waals surface area contributed by atoms with Crippen LogP contribution in [0.15, 0.2) is 59.5 Å². The van der Waals surface area contributed by atoms with Gasteiger partial charge in [0, 0.05) is 43.1 Å². The number of carbonyl (C=O) groups is 3. The first-order valence-corrected chi connectivity index (χ1v) is 11.9. The second kappa shape index (κ2) is 11.7. The van der Waals surface area contributed by atoms with Crippen LogP contribution >= 0.6 is 11.8 Å². The van der Waals surface area contributed by atoms with Crippen molar-refractivity contribution in [1.82, 2.24) is 10.2 Å². The summed E-state index contributed by atoms with van der Waals surface area (Å²) >= 11 is 1.52. The maximum absolute atomic E-state index is 12.9. The molecule has 0 aromatic heterocycles. The SMILES string of the molecule is CC(=O)Nc1ccc(SC(C)C(=O)N2CCC(NC(=O)CCc3ccccc3)CC2)cc1. The van der Waals surface area contributed by atoms with Crippen molar-refractivity contribution in [3.8, 4) is 0 Å². The summed E-state index contributed by atoms with van der Waals surface area (Å²) in [5.74, 6) is 0.0878. The minimum atomic E-state index is -0.196. The molecule has 2 N–H and O–H groups in total. The molecule has 7 heteroatoms. The van der Waals surface area contributed by atoms with Gasteiger partial charge in [0.1, 0.15) is 0 Å². The highest BCUT2D eigenvalue weighted by Crippen LogP contribution is 2.27. The molecule has 6 nitrogen and oxygen atoms in total. The Morgan fingerprint density at radius 1 is 1.03 bits per heavy atom. The molecule has 0 radical (unpaired) electrons. The number of hydrogen-bond acceptors (Lipinski definition) is 4. The topological polar surface area (TPSA) is 78.5 Å². The predicted molar refractivity (Wildman–Crippen MR) is 129 cm³/mol. The van der Waals surface area contributed by atoms with E-state index in [4.69, 9.17) is 0 Å². The molecule has 0 bridgehead atoms. The molecule has 1 saturated heterocycles.